The SMILES string of the molecule is O=C(CCc1ccccc1Cl)N(Cc1cccs1)Cc1cccs1. The normalized spacial score (nSPS) is 10.7. The summed E-state index contributed by atoms with van der Waals surface area (Å²) in [5.41, 5.74) is 1.03. The molecule has 0 N–H and O–H groups in total. The maximum absolute atomic E-state index is 12.8. The van der Waals surface area contributed by atoms with Crippen LogP contribution in [0.1, 0.15) is 21.7 Å². The Kier molecular flexibility index (Phi) is 6.07. The minimum Gasteiger partial charge on any atom is -0.332 e. The Hall–Kier alpha value is -1.62. The first-order valence-corrected chi connectivity index (χ1v) is 9.92. The minimum absolute atomic E-state index is 0.164. The second-order valence-electron chi connectivity index (χ2n) is 5.50. The second kappa shape index (κ2) is 8.47. The molecule has 0 atom stereocenters. The van der Waals surface area contributed by atoms with Gasteiger partial charge in [-0.3, -0.25) is 4.79 Å². The van der Waals surface area contributed by atoms with E-state index in [0.717, 1.165) is 10.6 Å². The van der Waals surface area contributed by atoms with Crippen LogP contribution in [0.15, 0.2) is 59.3 Å². The lowest BCUT2D eigenvalue weighted by Crippen LogP contribution is -2.29. The molecule has 2 aromatic heterocycles. The van der Waals surface area contributed by atoms with Crippen LogP contribution >= 0.6 is 34.3 Å². The fraction of sp³-hybridized carbons (Fsp3) is 0.211. The molecule has 2 heterocycles. The maximum Gasteiger partial charge on any atom is 0.223 e. The molecule has 3 aromatic rings. The van der Waals surface area contributed by atoms with E-state index in [9.17, 15) is 4.79 Å². The molecule has 124 valence electrons. The quantitative estimate of drug-likeness (QED) is 0.524. The predicted molar refractivity (Wildman–Crippen MR) is 103 cm³/mol. The van der Waals surface area contributed by atoms with Crippen LogP contribution in [0.2, 0.25) is 5.02 Å². The number of hydrogen-bond acceptors (Lipinski definition) is 3. The molecule has 3 rings (SSSR count). The number of amides is 1. The number of aryl methyl sites for hydroxylation is 1. The Morgan fingerprint density at radius 2 is 1.54 bits per heavy atom. The highest BCUT2D eigenvalue weighted by Gasteiger charge is 2.16. The lowest BCUT2D eigenvalue weighted by Gasteiger charge is -2.22. The van der Waals surface area contributed by atoms with Gasteiger partial charge in [-0.05, 0) is 40.9 Å². The highest BCUT2D eigenvalue weighted by Crippen LogP contribution is 2.20. The zero-order valence-electron chi connectivity index (χ0n) is 13.2. The second-order valence-corrected chi connectivity index (χ2v) is 7.97. The number of carbonyl (C=O) groups excluding carboxylic acids is 1. The molecule has 0 aliphatic rings. The Morgan fingerprint density at radius 1 is 0.917 bits per heavy atom. The van der Waals surface area contributed by atoms with Crippen molar-refractivity contribution < 1.29 is 4.79 Å². The van der Waals surface area contributed by atoms with Crippen molar-refractivity contribution in [3.8, 4) is 0 Å². The summed E-state index contributed by atoms with van der Waals surface area (Å²) in [6.07, 6.45) is 1.14. The van der Waals surface area contributed by atoms with E-state index < -0.39 is 0 Å². The van der Waals surface area contributed by atoms with Crippen molar-refractivity contribution in [1.82, 2.24) is 4.90 Å². The van der Waals surface area contributed by atoms with E-state index in [0.29, 0.717) is 25.9 Å². The minimum atomic E-state index is 0.164. The third kappa shape index (κ3) is 4.69. The van der Waals surface area contributed by atoms with E-state index in [2.05, 4.69) is 12.1 Å². The summed E-state index contributed by atoms with van der Waals surface area (Å²) in [5, 5.41) is 4.83. The Labute approximate surface area is 155 Å². The first-order chi connectivity index (χ1) is 11.7. The number of hydrogen-bond donors (Lipinski definition) is 0. The Bertz CT molecular complexity index is 732. The molecule has 0 saturated heterocycles. The van der Waals surface area contributed by atoms with Crippen molar-refractivity contribution >= 4 is 40.2 Å². The van der Waals surface area contributed by atoms with Gasteiger partial charge in [0.1, 0.15) is 0 Å². The summed E-state index contributed by atoms with van der Waals surface area (Å²) in [4.78, 5) is 17.1. The average Bonchev–Trinajstić information content (AvgIpc) is 3.27. The van der Waals surface area contributed by atoms with E-state index in [1.807, 2.05) is 52.1 Å². The fourth-order valence-corrected chi connectivity index (χ4v) is 4.18. The highest BCUT2D eigenvalue weighted by atomic mass is 35.5. The Balaban J connectivity index is 1.67. The molecular weight excluding hydrogens is 358 g/mol. The van der Waals surface area contributed by atoms with Gasteiger partial charge < -0.3 is 4.90 Å². The number of thiophene rings is 2. The van der Waals surface area contributed by atoms with E-state index in [-0.39, 0.29) is 5.91 Å². The van der Waals surface area contributed by atoms with E-state index in [1.54, 1.807) is 22.7 Å². The molecule has 24 heavy (non-hydrogen) atoms. The van der Waals surface area contributed by atoms with Crippen molar-refractivity contribution in [3.05, 3.63) is 79.6 Å². The third-order valence-corrected chi connectivity index (χ3v) is 5.86. The summed E-state index contributed by atoms with van der Waals surface area (Å²) in [6, 6.07) is 15.9. The standard InChI is InChI=1S/C19H18ClNOS2/c20-18-8-2-1-5-15(18)9-10-19(22)21(13-16-6-3-11-23-16)14-17-7-4-12-24-17/h1-8,11-12H,9-10,13-14H2. The third-order valence-electron chi connectivity index (χ3n) is 3.77. The molecule has 2 nitrogen and oxygen atoms in total. The molecule has 0 radical (unpaired) electrons. The summed E-state index contributed by atoms with van der Waals surface area (Å²) in [7, 11) is 0. The van der Waals surface area contributed by atoms with Crippen LogP contribution in [-0.2, 0) is 24.3 Å². The van der Waals surface area contributed by atoms with E-state index in [4.69, 9.17) is 11.6 Å². The predicted octanol–water partition coefficient (Wildman–Crippen LogP) is 5.62. The number of carbonyl (C=O) groups is 1. The van der Waals surface area contributed by atoms with Gasteiger partial charge in [0, 0.05) is 21.2 Å². The van der Waals surface area contributed by atoms with Gasteiger partial charge in [-0.15, -0.1) is 22.7 Å². The van der Waals surface area contributed by atoms with Crippen molar-refractivity contribution in [2.45, 2.75) is 25.9 Å². The van der Waals surface area contributed by atoms with Crippen LogP contribution in [0, 0.1) is 0 Å². The molecule has 0 aliphatic heterocycles. The lowest BCUT2D eigenvalue weighted by atomic mass is 10.1. The van der Waals surface area contributed by atoms with Crippen molar-refractivity contribution in [3.63, 3.8) is 0 Å². The maximum atomic E-state index is 12.8. The van der Waals surface area contributed by atoms with Gasteiger partial charge in [0.15, 0.2) is 0 Å². The van der Waals surface area contributed by atoms with Crippen LogP contribution in [0.25, 0.3) is 0 Å². The number of nitrogens with zero attached hydrogens (tertiary/aromatic N) is 1. The molecular formula is C19H18ClNOS2. The van der Waals surface area contributed by atoms with Crippen LogP contribution in [-0.4, -0.2) is 10.8 Å². The smallest absolute Gasteiger partial charge is 0.223 e. The topological polar surface area (TPSA) is 20.3 Å². The molecule has 0 aliphatic carbocycles. The summed E-state index contributed by atoms with van der Waals surface area (Å²) in [5.74, 6) is 0.164. The first kappa shape index (κ1) is 17.2. The van der Waals surface area contributed by atoms with Gasteiger partial charge in [-0.1, -0.05) is 41.9 Å². The molecule has 0 bridgehead atoms. The molecule has 1 aromatic carbocycles. The largest absolute Gasteiger partial charge is 0.332 e. The van der Waals surface area contributed by atoms with Crippen molar-refractivity contribution in [2.24, 2.45) is 0 Å². The Morgan fingerprint density at radius 3 is 2.08 bits per heavy atom. The summed E-state index contributed by atoms with van der Waals surface area (Å²) in [6.45, 7) is 1.33. The van der Waals surface area contributed by atoms with E-state index >= 15 is 0 Å². The van der Waals surface area contributed by atoms with Crippen LogP contribution in [0.5, 0.6) is 0 Å². The monoisotopic (exact) mass is 375 g/mol. The van der Waals surface area contributed by atoms with Gasteiger partial charge in [0.2, 0.25) is 5.91 Å². The summed E-state index contributed by atoms with van der Waals surface area (Å²) >= 11 is 9.57. The fourth-order valence-electron chi connectivity index (χ4n) is 2.51. The van der Waals surface area contributed by atoms with Crippen LogP contribution < -0.4 is 0 Å². The van der Waals surface area contributed by atoms with Gasteiger partial charge in [0.05, 0.1) is 13.1 Å². The zero-order valence-corrected chi connectivity index (χ0v) is 15.5. The average molecular weight is 376 g/mol. The first-order valence-electron chi connectivity index (χ1n) is 7.78. The number of rotatable bonds is 7. The number of benzene rings is 1. The summed E-state index contributed by atoms with van der Waals surface area (Å²) < 4.78 is 0. The van der Waals surface area contributed by atoms with E-state index in [1.165, 1.54) is 9.75 Å². The van der Waals surface area contributed by atoms with Gasteiger partial charge in [0.25, 0.3) is 0 Å². The van der Waals surface area contributed by atoms with Gasteiger partial charge in [-0.25, -0.2) is 0 Å². The molecule has 0 spiro atoms. The van der Waals surface area contributed by atoms with Crippen molar-refractivity contribution in [1.29, 1.82) is 0 Å². The molecule has 5 heteroatoms. The van der Waals surface area contributed by atoms with Crippen LogP contribution in [0.4, 0.5) is 0 Å². The number of halogens is 1. The van der Waals surface area contributed by atoms with Gasteiger partial charge >= 0.3 is 0 Å². The highest BCUT2D eigenvalue weighted by molar-refractivity contribution is 7.10. The molecule has 0 saturated carbocycles. The van der Waals surface area contributed by atoms with Crippen LogP contribution in [0.3, 0.4) is 0 Å². The zero-order chi connectivity index (χ0) is 16.8. The van der Waals surface area contributed by atoms with Gasteiger partial charge in [-0.2, -0.15) is 0 Å². The molecule has 0 fully saturated rings. The lowest BCUT2D eigenvalue weighted by molar-refractivity contribution is -0.132. The molecule has 1 amide bonds. The molecule has 0 unspecified atom stereocenters. The van der Waals surface area contributed by atoms with Crippen molar-refractivity contribution in [2.75, 3.05) is 0 Å².